The van der Waals surface area contributed by atoms with Gasteiger partial charge in [0.05, 0.1) is 0 Å². The van der Waals surface area contributed by atoms with E-state index < -0.39 is 18.1 Å². The van der Waals surface area contributed by atoms with E-state index in [0.29, 0.717) is 0 Å². The summed E-state index contributed by atoms with van der Waals surface area (Å²) in [7, 11) is 0. The van der Waals surface area contributed by atoms with Gasteiger partial charge in [-0.1, -0.05) is 60.7 Å². The summed E-state index contributed by atoms with van der Waals surface area (Å²) in [5, 5.41) is 19.5. The maximum absolute atomic E-state index is 14.1. The second kappa shape index (κ2) is 5.47. The molecule has 0 saturated carbocycles. The van der Waals surface area contributed by atoms with Gasteiger partial charge in [0.1, 0.15) is 12.2 Å². The van der Waals surface area contributed by atoms with Gasteiger partial charge < -0.3 is 10.2 Å². The average molecular weight is 264 g/mol. The summed E-state index contributed by atoms with van der Waals surface area (Å²) < 4.78 is 28.2. The minimum absolute atomic E-state index is 0.0717. The van der Waals surface area contributed by atoms with Gasteiger partial charge in [-0.2, -0.15) is 0 Å². The SMILES string of the molecule is OC(c1ccccc1)C(F)(F)C(O)c1ccccc1. The van der Waals surface area contributed by atoms with E-state index in [9.17, 15) is 19.0 Å². The Morgan fingerprint density at radius 1 is 0.684 bits per heavy atom. The fourth-order valence-electron chi connectivity index (χ4n) is 1.86. The predicted molar refractivity (Wildman–Crippen MR) is 67.8 cm³/mol. The zero-order valence-corrected chi connectivity index (χ0v) is 10.1. The van der Waals surface area contributed by atoms with Gasteiger partial charge in [-0.05, 0) is 11.1 Å². The van der Waals surface area contributed by atoms with Gasteiger partial charge in [-0.15, -0.1) is 0 Å². The number of aliphatic hydroxyl groups is 2. The molecule has 2 aromatic carbocycles. The smallest absolute Gasteiger partial charge is 0.306 e. The summed E-state index contributed by atoms with van der Waals surface area (Å²) in [6, 6.07) is 15.2. The van der Waals surface area contributed by atoms with Gasteiger partial charge in [-0.3, -0.25) is 0 Å². The molecule has 2 atom stereocenters. The van der Waals surface area contributed by atoms with Gasteiger partial charge in [0.25, 0.3) is 0 Å². The van der Waals surface area contributed by atoms with Crippen molar-refractivity contribution in [2.75, 3.05) is 0 Å². The molecule has 4 heteroatoms. The van der Waals surface area contributed by atoms with Crippen molar-refractivity contribution in [1.29, 1.82) is 0 Å². The summed E-state index contributed by atoms with van der Waals surface area (Å²) in [6.07, 6.45) is -4.10. The Labute approximate surface area is 110 Å². The highest BCUT2D eigenvalue weighted by molar-refractivity contribution is 5.24. The van der Waals surface area contributed by atoms with E-state index >= 15 is 0 Å². The lowest BCUT2D eigenvalue weighted by Crippen LogP contribution is -2.33. The number of benzene rings is 2. The Morgan fingerprint density at radius 2 is 1.00 bits per heavy atom. The molecule has 2 unspecified atom stereocenters. The van der Waals surface area contributed by atoms with E-state index in [2.05, 4.69) is 0 Å². The molecule has 0 spiro atoms. The van der Waals surface area contributed by atoms with Gasteiger partial charge in [0.15, 0.2) is 0 Å². The first-order chi connectivity index (χ1) is 9.03. The van der Waals surface area contributed by atoms with Gasteiger partial charge in [0.2, 0.25) is 0 Å². The lowest BCUT2D eigenvalue weighted by atomic mass is 9.95. The van der Waals surface area contributed by atoms with Crippen LogP contribution in [0.15, 0.2) is 60.7 Å². The Balaban J connectivity index is 2.27. The van der Waals surface area contributed by atoms with Crippen LogP contribution in [0.3, 0.4) is 0 Å². The Kier molecular flexibility index (Phi) is 3.93. The number of hydrogen-bond acceptors (Lipinski definition) is 2. The fraction of sp³-hybridized carbons (Fsp3) is 0.200. The van der Waals surface area contributed by atoms with E-state index in [1.54, 1.807) is 36.4 Å². The molecule has 0 fully saturated rings. The van der Waals surface area contributed by atoms with Gasteiger partial charge in [-0.25, -0.2) is 8.78 Å². The molecule has 2 nitrogen and oxygen atoms in total. The number of rotatable bonds is 4. The van der Waals surface area contributed by atoms with Crippen LogP contribution in [-0.2, 0) is 0 Å². The number of aliphatic hydroxyl groups excluding tert-OH is 2. The normalized spacial score (nSPS) is 14.9. The van der Waals surface area contributed by atoms with Crippen LogP contribution in [0.5, 0.6) is 0 Å². The minimum Gasteiger partial charge on any atom is -0.382 e. The largest absolute Gasteiger partial charge is 0.382 e. The Hall–Kier alpha value is -1.78. The summed E-state index contributed by atoms with van der Waals surface area (Å²) in [6.45, 7) is 0. The molecule has 2 rings (SSSR count). The molecular formula is C15H14F2O2. The third kappa shape index (κ3) is 2.80. The monoisotopic (exact) mass is 264 g/mol. The van der Waals surface area contributed by atoms with Crippen molar-refractivity contribution in [1.82, 2.24) is 0 Å². The van der Waals surface area contributed by atoms with E-state index in [0.717, 1.165) is 0 Å². The number of alkyl halides is 2. The van der Waals surface area contributed by atoms with Crippen LogP contribution in [0, 0.1) is 0 Å². The summed E-state index contributed by atoms with van der Waals surface area (Å²) in [5.74, 6) is -3.66. The highest BCUT2D eigenvalue weighted by Gasteiger charge is 2.47. The minimum atomic E-state index is -3.66. The lowest BCUT2D eigenvalue weighted by molar-refractivity contribution is -0.181. The van der Waals surface area contributed by atoms with Crippen molar-refractivity contribution in [3.63, 3.8) is 0 Å². The zero-order chi connectivity index (χ0) is 13.9. The van der Waals surface area contributed by atoms with Crippen LogP contribution in [0.1, 0.15) is 23.3 Å². The van der Waals surface area contributed by atoms with E-state index in [-0.39, 0.29) is 11.1 Å². The first kappa shape index (κ1) is 13.6. The first-order valence-corrected chi connectivity index (χ1v) is 5.87. The molecule has 0 aromatic heterocycles. The standard InChI is InChI=1S/C15H14F2O2/c16-15(17,13(18)11-7-3-1-4-8-11)14(19)12-9-5-2-6-10-12/h1-10,13-14,18-19H. The molecule has 100 valence electrons. The topological polar surface area (TPSA) is 40.5 Å². The predicted octanol–water partition coefficient (Wildman–Crippen LogP) is 3.09. The summed E-state index contributed by atoms with van der Waals surface area (Å²) >= 11 is 0. The van der Waals surface area contributed by atoms with Crippen molar-refractivity contribution in [2.24, 2.45) is 0 Å². The molecule has 0 amide bonds. The summed E-state index contributed by atoms with van der Waals surface area (Å²) in [5.41, 5.74) is 0.143. The number of halogens is 2. The molecular weight excluding hydrogens is 250 g/mol. The second-order valence-electron chi connectivity index (χ2n) is 4.30. The summed E-state index contributed by atoms with van der Waals surface area (Å²) in [4.78, 5) is 0. The van der Waals surface area contributed by atoms with Crippen LogP contribution in [0.2, 0.25) is 0 Å². The van der Waals surface area contributed by atoms with Crippen molar-refractivity contribution >= 4 is 0 Å². The van der Waals surface area contributed by atoms with E-state index in [1.807, 2.05) is 0 Å². The lowest BCUT2D eigenvalue weighted by Gasteiger charge is -2.27. The maximum Gasteiger partial charge on any atom is 0.306 e. The molecule has 0 aliphatic rings. The van der Waals surface area contributed by atoms with Crippen LogP contribution >= 0.6 is 0 Å². The van der Waals surface area contributed by atoms with Crippen LogP contribution in [-0.4, -0.2) is 16.1 Å². The van der Waals surface area contributed by atoms with Crippen molar-refractivity contribution in [2.45, 2.75) is 18.1 Å². The maximum atomic E-state index is 14.1. The number of hydrogen-bond donors (Lipinski definition) is 2. The third-order valence-electron chi connectivity index (χ3n) is 2.96. The fourth-order valence-corrected chi connectivity index (χ4v) is 1.86. The molecule has 0 bridgehead atoms. The molecule has 2 N–H and O–H groups in total. The molecule has 0 saturated heterocycles. The van der Waals surface area contributed by atoms with Gasteiger partial charge in [0, 0.05) is 0 Å². The van der Waals surface area contributed by atoms with Crippen molar-refractivity contribution in [3.05, 3.63) is 71.8 Å². The molecule has 0 heterocycles. The van der Waals surface area contributed by atoms with Crippen molar-refractivity contribution in [3.8, 4) is 0 Å². The van der Waals surface area contributed by atoms with Crippen molar-refractivity contribution < 1.29 is 19.0 Å². The molecule has 19 heavy (non-hydrogen) atoms. The Bertz CT molecular complexity index is 467. The van der Waals surface area contributed by atoms with E-state index in [1.165, 1.54) is 24.3 Å². The van der Waals surface area contributed by atoms with Gasteiger partial charge >= 0.3 is 5.92 Å². The first-order valence-electron chi connectivity index (χ1n) is 5.87. The highest BCUT2D eigenvalue weighted by Crippen LogP contribution is 2.41. The average Bonchev–Trinajstić information content (AvgIpc) is 2.47. The molecule has 2 aromatic rings. The van der Waals surface area contributed by atoms with Crippen LogP contribution in [0.25, 0.3) is 0 Å². The molecule has 0 aliphatic heterocycles. The highest BCUT2D eigenvalue weighted by atomic mass is 19.3. The third-order valence-corrected chi connectivity index (χ3v) is 2.96. The second-order valence-corrected chi connectivity index (χ2v) is 4.30. The quantitative estimate of drug-likeness (QED) is 0.890. The zero-order valence-electron chi connectivity index (χ0n) is 10.1. The Morgan fingerprint density at radius 3 is 1.32 bits per heavy atom. The molecule has 0 aliphatic carbocycles. The van der Waals surface area contributed by atoms with Crippen LogP contribution in [0.4, 0.5) is 8.78 Å². The molecule has 0 radical (unpaired) electrons. The van der Waals surface area contributed by atoms with Crippen LogP contribution < -0.4 is 0 Å². The van der Waals surface area contributed by atoms with E-state index in [4.69, 9.17) is 0 Å².